The molecule has 10 heteroatoms. The monoisotopic (exact) mass is 461 g/mol. The van der Waals surface area contributed by atoms with Crippen molar-refractivity contribution < 1.29 is 27.3 Å². The zero-order valence-corrected chi connectivity index (χ0v) is 18.5. The molecule has 0 bridgehead atoms. The molecule has 1 aliphatic rings. The van der Waals surface area contributed by atoms with E-state index in [0.29, 0.717) is 43.5 Å². The maximum atomic E-state index is 12.8. The molecule has 1 fully saturated rings. The number of carbonyl (C=O) groups excluding carboxylic acids is 2. The lowest BCUT2D eigenvalue weighted by molar-refractivity contribution is 0.0932. The van der Waals surface area contributed by atoms with E-state index in [1.165, 1.54) is 11.8 Å². The van der Waals surface area contributed by atoms with Gasteiger partial charge in [0.1, 0.15) is 5.75 Å². The SMILES string of the molecule is COc1ccccc1C(=O)NC[C@]1(c2ccccc2)CC[C@H](NC(=O)NS(=O)(=O)O)CC1. The Morgan fingerprint density at radius 1 is 1.06 bits per heavy atom. The summed E-state index contributed by atoms with van der Waals surface area (Å²) in [7, 11) is -3.09. The van der Waals surface area contributed by atoms with E-state index < -0.39 is 16.3 Å². The lowest BCUT2D eigenvalue weighted by Crippen LogP contribution is -2.50. The van der Waals surface area contributed by atoms with Gasteiger partial charge in [-0.25, -0.2) is 9.52 Å². The molecular formula is C22H27N3O6S. The average Bonchev–Trinajstić information content (AvgIpc) is 2.78. The third-order valence-corrected chi connectivity index (χ3v) is 6.27. The normalized spacial score (nSPS) is 20.8. The summed E-state index contributed by atoms with van der Waals surface area (Å²) in [6, 6.07) is 15.7. The summed E-state index contributed by atoms with van der Waals surface area (Å²) in [5.74, 6) is 0.266. The standard InChI is InChI=1S/C22H27N3O6S/c1-31-19-10-6-5-9-18(19)20(26)23-15-22(16-7-3-2-4-8-16)13-11-17(12-14-22)24-21(27)25-32(28,29)30/h2-10,17H,11-15H2,1H3,(H,23,26)(H2,24,25,27)(H,28,29,30)/t17-,22-. The predicted octanol–water partition coefficient (Wildman–Crippen LogP) is 2.41. The number of urea groups is 1. The highest BCUT2D eigenvalue weighted by Gasteiger charge is 2.38. The largest absolute Gasteiger partial charge is 0.496 e. The Hall–Kier alpha value is -3.11. The van der Waals surface area contributed by atoms with Gasteiger partial charge in [-0.05, 0) is 43.4 Å². The Morgan fingerprint density at radius 2 is 1.69 bits per heavy atom. The Labute approximate surface area is 187 Å². The Morgan fingerprint density at radius 3 is 2.31 bits per heavy atom. The highest BCUT2D eigenvalue weighted by molar-refractivity contribution is 7.84. The minimum Gasteiger partial charge on any atom is -0.496 e. The molecule has 32 heavy (non-hydrogen) atoms. The van der Waals surface area contributed by atoms with Crippen LogP contribution in [-0.2, 0) is 15.7 Å². The van der Waals surface area contributed by atoms with Gasteiger partial charge in [-0.3, -0.25) is 9.35 Å². The van der Waals surface area contributed by atoms with E-state index in [4.69, 9.17) is 9.29 Å². The van der Waals surface area contributed by atoms with E-state index in [1.54, 1.807) is 24.3 Å². The van der Waals surface area contributed by atoms with Crippen molar-refractivity contribution in [3.8, 4) is 5.75 Å². The number of nitrogens with one attached hydrogen (secondary N) is 3. The first-order valence-corrected chi connectivity index (χ1v) is 11.7. The molecule has 1 aliphatic carbocycles. The zero-order valence-electron chi connectivity index (χ0n) is 17.7. The quantitative estimate of drug-likeness (QED) is 0.468. The van der Waals surface area contributed by atoms with Crippen LogP contribution >= 0.6 is 0 Å². The predicted molar refractivity (Wildman–Crippen MR) is 119 cm³/mol. The summed E-state index contributed by atoms with van der Waals surface area (Å²) in [5.41, 5.74) is 1.20. The molecule has 0 radical (unpaired) electrons. The molecule has 4 N–H and O–H groups in total. The van der Waals surface area contributed by atoms with E-state index in [0.717, 1.165) is 5.56 Å². The summed E-state index contributed by atoms with van der Waals surface area (Å²) in [4.78, 5) is 24.6. The number of methoxy groups -OCH3 is 1. The molecule has 0 spiro atoms. The summed E-state index contributed by atoms with van der Waals surface area (Å²) in [6.07, 6.45) is 2.50. The van der Waals surface area contributed by atoms with Crippen molar-refractivity contribution in [1.82, 2.24) is 15.4 Å². The molecular weight excluding hydrogens is 434 g/mol. The highest BCUT2D eigenvalue weighted by Crippen LogP contribution is 2.39. The molecule has 9 nitrogen and oxygen atoms in total. The van der Waals surface area contributed by atoms with Crippen molar-refractivity contribution >= 4 is 22.2 Å². The third kappa shape index (κ3) is 5.98. The number of rotatable bonds is 7. The van der Waals surface area contributed by atoms with Crippen molar-refractivity contribution in [2.75, 3.05) is 13.7 Å². The third-order valence-electron chi connectivity index (χ3n) is 5.82. The number of hydrogen-bond acceptors (Lipinski definition) is 5. The van der Waals surface area contributed by atoms with Crippen molar-refractivity contribution in [2.45, 2.75) is 37.1 Å². The average molecular weight is 462 g/mol. The summed E-state index contributed by atoms with van der Waals surface area (Å²) in [5, 5.41) is 5.62. The lowest BCUT2D eigenvalue weighted by atomic mass is 9.68. The second-order valence-corrected chi connectivity index (χ2v) is 9.01. The summed E-state index contributed by atoms with van der Waals surface area (Å²) in [6.45, 7) is 0.401. The minimum absolute atomic E-state index is 0.231. The number of benzene rings is 2. The number of carbonyl (C=O) groups is 2. The number of amides is 3. The van der Waals surface area contributed by atoms with Gasteiger partial charge in [-0.15, -0.1) is 0 Å². The Balaban J connectivity index is 1.71. The molecule has 3 amide bonds. The molecule has 0 saturated heterocycles. The van der Waals surface area contributed by atoms with Gasteiger partial charge in [0.15, 0.2) is 0 Å². The Kier molecular flexibility index (Phi) is 7.37. The molecule has 0 heterocycles. The van der Waals surface area contributed by atoms with E-state index in [9.17, 15) is 18.0 Å². The maximum Gasteiger partial charge on any atom is 0.361 e. The van der Waals surface area contributed by atoms with Crippen molar-refractivity contribution in [3.63, 3.8) is 0 Å². The van der Waals surface area contributed by atoms with Crippen LogP contribution < -0.4 is 20.1 Å². The lowest BCUT2D eigenvalue weighted by Gasteiger charge is -2.41. The molecule has 0 unspecified atom stereocenters. The van der Waals surface area contributed by atoms with Gasteiger partial charge in [0.2, 0.25) is 0 Å². The fraction of sp³-hybridized carbons (Fsp3) is 0.364. The van der Waals surface area contributed by atoms with Crippen molar-refractivity contribution in [2.24, 2.45) is 0 Å². The van der Waals surface area contributed by atoms with E-state index in [1.807, 2.05) is 30.3 Å². The minimum atomic E-state index is -4.61. The van der Waals surface area contributed by atoms with E-state index >= 15 is 0 Å². The van der Waals surface area contributed by atoms with Crippen LogP contribution in [0.25, 0.3) is 0 Å². The zero-order chi connectivity index (χ0) is 23.2. The highest BCUT2D eigenvalue weighted by atomic mass is 32.2. The number of hydrogen-bond donors (Lipinski definition) is 4. The van der Waals surface area contributed by atoms with Crippen LogP contribution in [0.4, 0.5) is 4.79 Å². The smallest absolute Gasteiger partial charge is 0.361 e. The first-order valence-electron chi connectivity index (χ1n) is 10.2. The second kappa shape index (κ2) is 10.0. The van der Waals surface area contributed by atoms with Crippen LogP contribution in [0.3, 0.4) is 0 Å². The fourth-order valence-corrected chi connectivity index (χ4v) is 4.48. The molecule has 0 aliphatic heterocycles. The molecule has 1 saturated carbocycles. The summed E-state index contributed by atoms with van der Waals surface area (Å²) < 4.78 is 37.2. The second-order valence-electron chi connectivity index (χ2n) is 7.85. The van der Waals surface area contributed by atoms with Crippen LogP contribution in [0.2, 0.25) is 0 Å². The maximum absolute atomic E-state index is 12.8. The van der Waals surface area contributed by atoms with Gasteiger partial charge in [0, 0.05) is 18.0 Å². The molecule has 0 atom stereocenters. The first kappa shape index (κ1) is 23.6. The molecule has 3 rings (SSSR count). The van der Waals surface area contributed by atoms with Gasteiger partial charge in [0.05, 0.1) is 12.7 Å². The van der Waals surface area contributed by atoms with E-state index in [2.05, 4.69) is 10.6 Å². The van der Waals surface area contributed by atoms with Crippen LogP contribution in [-0.4, -0.2) is 44.6 Å². The fourth-order valence-electron chi connectivity index (χ4n) is 4.18. The number of para-hydroxylation sites is 1. The van der Waals surface area contributed by atoms with Crippen molar-refractivity contribution in [3.05, 3.63) is 65.7 Å². The van der Waals surface area contributed by atoms with Crippen LogP contribution in [0.1, 0.15) is 41.6 Å². The van der Waals surface area contributed by atoms with Gasteiger partial charge >= 0.3 is 16.3 Å². The van der Waals surface area contributed by atoms with Crippen LogP contribution in [0, 0.1) is 0 Å². The van der Waals surface area contributed by atoms with Gasteiger partial charge in [-0.2, -0.15) is 8.42 Å². The van der Waals surface area contributed by atoms with E-state index in [-0.39, 0.29) is 17.4 Å². The topological polar surface area (TPSA) is 134 Å². The van der Waals surface area contributed by atoms with Crippen LogP contribution in [0.5, 0.6) is 5.75 Å². The van der Waals surface area contributed by atoms with Gasteiger partial charge < -0.3 is 15.4 Å². The van der Waals surface area contributed by atoms with Gasteiger partial charge in [0.25, 0.3) is 5.91 Å². The first-order chi connectivity index (χ1) is 15.2. The molecule has 172 valence electrons. The molecule has 0 aromatic heterocycles. The van der Waals surface area contributed by atoms with Crippen molar-refractivity contribution in [1.29, 1.82) is 0 Å². The van der Waals surface area contributed by atoms with Crippen LogP contribution in [0.15, 0.2) is 54.6 Å². The number of ether oxygens (including phenoxy) is 1. The van der Waals surface area contributed by atoms with Gasteiger partial charge in [-0.1, -0.05) is 42.5 Å². The Bertz CT molecular complexity index is 1050. The molecule has 2 aromatic carbocycles. The summed E-state index contributed by atoms with van der Waals surface area (Å²) >= 11 is 0. The molecule has 2 aromatic rings.